The van der Waals surface area contributed by atoms with Crippen LogP contribution in [0, 0.1) is 6.92 Å². The fourth-order valence-electron chi connectivity index (χ4n) is 2.64. The van der Waals surface area contributed by atoms with Crippen molar-refractivity contribution >= 4 is 11.9 Å². The van der Waals surface area contributed by atoms with E-state index in [2.05, 4.69) is 20.5 Å². The van der Waals surface area contributed by atoms with Crippen LogP contribution in [0.15, 0.2) is 23.8 Å². The first kappa shape index (κ1) is 14.3. The Morgan fingerprint density at radius 3 is 2.82 bits per heavy atom. The van der Waals surface area contributed by atoms with Crippen molar-refractivity contribution in [2.24, 2.45) is 7.05 Å². The van der Waals surface area contributed by atoms with Crippen LogP contribution in [0.25, 0.3) is 0 Å². The van der Waals surface area contributed by atoms with E-state index >= 15 is 0 Å². The summed E-state index contributed by atoms with van der Waals surface area (Å²) in [6.45, 7) is 5.90. The molecule has 0 fully saturated rings. The monoisotopic (exact) mass is 302 g/mol. The molecule has 22 heavy (non-hydrogen) atoms. The van der Waals surface area contributed by atoms with Gasteiger partial charge in [-0.2, -0.15) is 15.2 Å². The largest absolute Gasteiger partial charge is 0.463 e. The third kappa shape index (κ3) is 2.07. The number of nitrogens with one attached hydrogen (secondary N) is 1. The predicted molar refractivity (Wildman–Crippen MR) is 79.1 cm³/mol. The van der Waals surface area contributed by atoms with Crippen molar-refractivity contribution in [3.63, 3.8) is 0 Å². The molecule has 0 radical (unpaired) electrons. The maximum Gasteiger partial charge on any atom is 0.338 e. The molecule has 3 heterocycles. The smallest absolute Gasteiger partial charge is 0.338 e. The molecule has 3 rings (SSSR count). The fraction of sp³-hybridized carbons (Fsp3) is 0.429. The van der Waals surface area contributed by atoms with Crippen molar-refractivity contribution in [2.75, 3.05) is 11.9 Å². The molecular formula is C14H18N6O2. The van der Waals surface area contributed by atoms with E-state index in [1.165, 1.54) is 6.33 Å². The molecule has 1 aliphatic heterocycles. The molecule has 0 aromatic carbocycles. The Morgan fingerprint density at radius 2 is 2.18 bits per heavy atom. The standard InChI is InChI=1S/C14H18N6O2/c1-5-22-13(21)11-8(2)18-14-15-7-17-20(14)12(11)10-6-16-19(4)9(10)3/h6-7,12H,5H2,1-4H3,(H,15,17,18)/t12-/m1/s1. The number of hydrogen-bond acceptors (Lipinski definition) is 6. The molecule has 0 spiro atoms. The van der Waals surface area contributed by atoms with Crippen LogP contribution in [0.3, 0.4) is 0 Å². The molecule has 1 atom stereocenters. The summed E-state index contributed by atoms with van der Waals surface area (Å²) >= 11 is 0. The molecule has 1 N–H and O–H groups in total. The zero-order chi connectivity index (χ0) is 15.9. The van der Waals surface area contributed by atoms with E-state index in [4.69, 9.17) is 4.74 Å². The summed E-state index contributed by atoms with van der Waals surface area (Å²) in [4.78, 5) is 16.6. The van der Waals surface area contributed by atoms with Gasteiger partial charge in [-0.1, -0.05) is 0 Å². The van der Waals surface area contributed by atoms with Gasteiger partial charge in [0.1, 0.15) is 12.4 Å². The Morgan fingerprint density at radius 1 is 1.41 bits per heavy atom. The summed E-state index contributed by atoms with van der Waals surface area (Å²) in [6.07, 6.45) is 3.21. The first-order valence-electron chi connectivity index (χ1n) is 7.07. The van der Waals surface area contributed by atoms with Gasteiger partial charge in [-0.3, -0.25) is 4.68 Å². The number of esters is 1. The number of ether oxygens (including phenoxy) is 1. The molecule has 2 aromatic heterocycles. The van der Waals surface area contributed by atoms with Crippen molar-refractivity contribution in [2.45, 2.75) is 26.8 Å². The molecule has 0 saturated carbocycles. The van der Waals surface area contributed by atoms with Crippen LogP contribution < -0.4 is 5.32 Å². The summed E-state index contributed by atoms with van der Waals surface area (Å²) in [5, 5.41) is 11.6. The minimum absolute atomic E-state index is 0.318. The highest BCUT2D eigenvalue weighted by atomic mass is 16.5. The summed E-state index contributed by atoms with van der Waals surface area (Å²) in [5.74, 6) is 0.237. The highest BCUT2D eigenvalue weighted by molar-refractivity contribution is 5.92. The molecule has 8 heteroatoms. The lowest BCUT2D eigenvalue weighted by molar-refractivity contribution is -0.139. The summed E-state index contributed by atoms with van der Waals surface area (Å²) in [6, 6.07) is -0.397. The van der Waals surface area contributed by atoms with Crippen LogP contribution in [-0.2, 0) is 16.6 Å². The fourth-order valence-corrected chi connectivity index (χ4v) is 2.64. The Bertz CT molecular complexity index is 757. The molecule has 0 aliphatic carbocycles. The van der Waals surface area contributed by atoms with Crippen molar-refractivity contribution < 1.29 is 9.53 Å². The second kappa shape index (κ2) is 5.28. The van der Waals surface area contributed by atoms with Crippen molar-refractivity contribution in [1.29, 1.82) is 0 Å². The lowest BCUT2D eigenvalue weighted by Gasteiger charge is -2.27. The minimum atomic E-state index is -0.397. The number of anilines is 1. The van der Waals surface area contributed by atoms with Crippen LogP contribution in [0.5, 0.6) is 0 Å². The van der Waals surface area contributed by atoms with E-state index in [0.29, 0.717) is 23.8 Å². The SMILES string of the molecule is CCOC(=O)C1=C(C)Nc2ncnn2[C@@H]1c1cnn(C)c1C. The van der Waals surface area contributed by atoms with E-state index in [1.807, 2.05) is 20.9 Å². The molecular weight excluding hydrogens is 284 g/mol. The van der Waals surface area contributed by atoms with Crippen molar-refractivity contribution in [3.05, 3.63) is 35.1 Å². The predicted octanol–water partition coefficient (Wildman–Crippen LogP) is 1.17. The third-order valence-electron chi connectivity index (χ3n) is 3.86. The van der Waals surface area contributed by atoms with E-state index in [-0.39, 0.29) is 5.97 Å². The van der Waals surface area contributed by atoms with Gasteiger partial charge >= 0.3 is 5.97 Å². The number of carbonyl (C=O) groups is 1. The quantitative estimate of drug-likeness (QED) is 0.857. The first-order valence-corrected chi connectivity index (χ1v) is 7.07. The summed E-state index contributed by atoms with van der Waals surface area (Å²) in [5.41, 5.74) is 3.10. The summed E-state index contributed by atoms with van der Waals surface area (Å²) in [7, 11) is 1.86. The molecule has 1 aliphatic rings. The van der Waals surface area contributed by atoms with Crippen molar-refractivity contribution in [1.82, 2.24) is 24.5 Å². The van der Waals surface area contributed by atoms with E-state index in [9.17, 15) is 4.79 Å². The van der Waals surface area contributed by atoms with Gasteiger partial charge in [0.15, 0.2) is 0 Å². The van der Waals surface area contributed by atoms with Crippen LogP contribution in [-0.4, -0.2) is 37.1 Å². The van der Waals surface area contributed by atoms with Gasteiger partial charge in [-0.15, -0.1) is 0 Å². The zero-order valence-corrected chi connectivity index (χ0v) is 13.0. The number of aryl methyl sites for hydroxylation is 1. The molecule has 0 unspecified atom stereocenters. The molecule has 0 saturated heterocycles. The van der Waals surface area contributed by atoms with Crippen molar-refractivity contribution in [3.8, 4) is 0 Å². The maximum atomic E-state index is 12.4. The van der Waals surface area contributed by atoms with Gasteiger partial charge in [0.25, 0.3) is 0 Å². The van der Waals surface area contributed by atoms with Crippen LogP contribution in [0.2, 0.25) is 0 Å². The topological polar surface area (TPSA) is 86.9 Å². The second-order valence-electron chi connectivity index (χ2n) is 5.12. The average molecular weight is 302 g/mol. The highest BCUT2D eigenvalue weighted by Gasteiger charge is 2.35. The molecule has 2 aromatic rings. The first-order chi connectivity index (χ1) is 10.5. The number of rotatable bonds is 3. The van der Waals surface area contributed by atoms with Crippen LogP contribution >= 0.6 is 0 Å². The molecule has 8 nitrogen and oxygen atoms in total. The van der Waals surface area contributed by atoms with Crippen LogP contribution in [0.4, 0.5) is 5.95 Å². The van der Waals surface area contributed by atoms with Gasteiger partial charge in [0, 0.05) is 24.0 Å². The molecule has 0 amide bonds. The number of fused-ring (bicyclic) bond motifs is 1. The van der Waals surface area contributed by atoms with Gasteiger partial charge < -0.3 is 10.1 Å². The number of aromatic nitrogens is 5. The number of hydrogen-bond donors (Lipinski definition) is 1. The number of allylic oxidation sites excluding steroid dienone is 1. The lowest BCUT2D eigenvalue weighted by Crippen LogP contribution is -2.30. The number of carbonyl (C=O) groups excluding carboxylic acids is 1. The normalized spacial score (nSPS) is 17.2. The zero-order valence-electron chi connectivity index (χ0n) is 13.0. The number of nitrogens with zero attached hydrogens (tertiary/aromatic N) is 5. The van der Waals surface area contributed by atoms with E-state index in [0.717, 1.165) is 11.3 Å². The highest BCUT2D eigenvalue weighted by Crippen LogP contribution is 2.36. The lowest BCUT2D eigenvalue weighted by atomic mass is 9.96. The Hall–Kier alpha value is -2.64. The van der Waals surface area contributed by atoms with Gasteiger partial charge in [-0.25, -0.2) is 9.48 Å². The second-order valence-corrected chi connectivity index (χ2v) is 5.12. The van der Waals surface area contributed by atoms with E-state index < -0.39 is 6.04 Å². The Kier molecular flexibility index (Phi) is 3.44. The Labute approximate surface area is 127 Å². The van der Waals surface area contributed by atoms with Gasteiger partial charge in [0.2, 0.25) is 5.95 Å². The minimum Gasteiger partial charge on any atom is -0.463 e. The maximum absolute atomic E-state index is 12.4. The third-order valence-corrected chi connectivity index (χ3v) is 3.86. The molecule has 0 bridgehead atoms. The van der Waals surface area contributed by atoms with Crippen LogP contribution in [0.1, 0.15) is 31.1 Å². The molecule has 116 valence electrons. The summed E-state index contributed by atoms with van der Waals surface area (Å²) < 4.78 is 8.67. The van der Waals surface area contributed by atoms with Gasteiger partial charge in [-0.05, 0) is 20.8 Å². The van der Waals surface area contributed by atoms with Gasteiger partial charge in [0.05, 0.1) is 18.4 Å². The average Bonchev–Trinajstić information content (AvgIpc) is 3.06. The van der Waals surface area contributed by atoms with E-state index in [1.54, 1.807) is 22.5 Å². The Balaban J connectivity index is 2.17.